The number of H-pyrrole nitrogens is 1. The van der Waals surface area contributed by atoms with Gasteiger partial charge < -0.3 is 10.2 Å². The molecule has 0 aromatic carbocycles. The standard InChI is InChI=1S/C24H26N8O/c1-14-6-18(9-25-8-14)28-23-7-21(19-10-26-12-22-20(19)11-27-31-22)29-24(30-23)17-5-4-15(2)32(13-17)16(3)33/h6-12,15,17H,4-5,13H2,1-3H3,(H,27,31)(H,28,29,30)/t15-,17+/m0/s1. The van der Waals surface area contributed by atoms with E-state index in [4.69, 9.17) is 9.97 Å². The van der Waals surface area contributed by atoms with Gasteiger partial charge in [0.2, 0.25) is 5.91 Å². The number of nitrogens with zero attached hydrogens (tertiary/aromatic N) is 6. The van der Waals surface area contributed by atoms with Crippen LogP contribution in [0, 0.1) is 6.92 Å². The molecule has 2 atom stereocenters. The highest BCUT2D eigenvalue weighted by Crippen LogP contribution is 2.33. The van der Waals surface area contributed by atoms with Gasteiger partial charge in [0.15, 0.2) is 0 Å². The number of fused-ring (bicyclic) bond motifs is 1. The number of aromatic nitrogens is 6. The van der Waals surface area contributed by atoms with Crippen LogP contribution in [0.3, 0.4) is 0 Å². The Morgan fingerprint density at radius 1 is 1.09 bits per heavy atom. The second-order valence-electron chi connectivity index (χ2n) is 8.69. The molecule has 0 aliphatic carbocycles. The maximum Gasteiger partial charge on any atom is 0.219 e. The Hall–Kier alpha value is -3.88. The van der Waals surface area contributed by atoms with Crippen LogP contribution in [0.2, 0.25) is 0 Å². The zero-order chi connectivity index (χ0) is 22.9. The number of aryl methyl sites for hydroxylation is 1. The zero-order valence-corrected chi connectivity index (χ0v) is 18.9. The van der Waals surface area contributed by atoms with Gasteiger partial charge in [-0.05, 0) is 38.3 Å². The van der Waals surface area contributed by atoms with Gasteiger partial charge in [-0.1, -0.05) is 0 Å². The third-order valence-electron chi connectivity index (χ3n) is 6.18. The zero-order valence-electron chi connectivity index (χ0n) is 18.9. The Kier molecular flexibility index (Phi) is 5.45. The average molecular weight is 443 g/mol. The Labute approximate surface area is 191 Å². The first-order chi connectivity index (χ1) is 16.0. The molecule has 0 saturated carbocycles. The van der Waals surface area contributed by atoms with Crippen molar-refractivity contribution in [2.45, 2.75) is 45.6 Å². The lowest BCUT2D eigenvalue weighted by Gasteiger charge is -2.37. The summed E-state index contributed by atoms with van der Waals surface area (Å²) in [5.74, 6) is 1.53. The SMILES string of the molecule is CC(=O)N1C[C@H](c2nc(Nc3cncc(C)c3)cc(-c3cncc4[nH]ncc34)n2)CC[C@@H]1C. The smallest absolute Gasteiger partial charge is 0.219 e. The van der Waals surface area contributed by atoms with Gasteiger partial charge in [-0.25, -0.2) is 9.97 Å². The summed E-state index contributed by atoms with van der Waals surface area (Å²) in [5.41, 5.74) is 4.39. The van der Waals surface area contributed by atoms with Crippen molar-refractivity contribution < 1.29 is 4.79 Å². The van der Waals surface area contributed by atoms with Crippen molar-refractivity contribution in [3.63, 3.8) is 0 Å². The van der Waals surface area contributed by atoms with Gasteiger partial charge in [0.05, 0.1) is 35.5 Å². The molecule has 5 rings (SSSR count). The number of hydrogen-bond acceptors (Lipinski definition) is 7. The molecule has 1 saturated heterocycles. The van der Waals surface area contributed by atoms with Crippen LogP contribution in [0.25, 0.3) is 22.2 Å². The summed E-state index contributed by atoms with van der Waals surface area (Å²) in [6.07, 6.45) is 10.8. The van der Waals surface area contributed by atoms with Crippen LogP contribution >= 0.6 is 0 Å². The summed E-state index contributed by atoms with van der Waals surface area (Å²) >= 11 is 0. The average Bonchev–Trinajstić information content (AvgIpc) is 3.28. The van der Waals surface area contributed by atoms with E-state index in [0.717, 1.165) is 46.3 Å². The first-order valence-electron chi connectivity index (χ1n) is 11.1. The number of carbonyl (C=O) groups is 1. The Bertz CT molecular complexity index is 1320. The fraction of sp³-hybridized carbons (Fsp3) is 0.333. The number of anilines is 2. The van der Waals surface area contributed by atoms with Crippen molar-refractivity contribution in [1.29, 1.82) is 0 Å². The molecule has 5 heterocycles. The Morgan fingerprint density at radius 3 is 2.76 bits per heavy atom. The predicted octanol–water partition coefficient (Wildman–Crippen LogP) is 3.98. The van der Waals surface area contributed by atoms with Crippen LogP contribution < -0.4 is 5.32 Å². The Morgan fingerprint density at radius 2 is 1.94 bits per heavy atom. The minimum absolute atomic E-state index is 0.0535. The predicted molar refractivity (Wildman–Crippen MR) is 126 cm³/mol. The molecular weight excluding hydrogens is 416 g/mol. The van der Waals surface area contributed by atoms with Crippen molar-refractivity contribution in [2.75, 3.05) is 11.9 Å². The van der Waals surface area contributed by atoms with Crippen LogP contribution in [-0.2, 0) is 4.79 Å². The van der Waals surface area contributed by atoms with Gasteiger partial charge in [-0.15, -0.1) is 0 Å². The minimum atomic E-state index is 0.0535. The fourth-order valence-corrected chi connectivity index (χ4v) is 4.45. The lowest BCUT2D eigenvalue weighted by Crippen LogP contribution is -2.44. The van der Waals surface area contributed by atoms with Crippen molar-refractivity contribution in [3.8, 4) is 11.3 Å². The first kappa shape index (κ1) is 21.0. The monoisotopic (exact) mass is 442 g/mol. The molecule has 0 spiro atoms. The second kappa shape index (κ2) is 8.57. The van der Waals surface area contributed by atoms with Crippen LogP contribution in [0.4, 0.5) is 11.5 Å². The van der Waals surface area contributed by atoms with Crippen LogP contribution in [0.1, 0.15) is 44.0 Å². The molecule has 1 aliphatic heterocycles. The van der Waals surface area contributed by atoms with E-state index in [1.165, 1.54) is 0 Å². The van der Waals surface area contributed by atoms with E-state index in [2.05, 4.69) is 32.4 Å². The Balaban J connectivity index is 1.59. The lowest BCUT2D eigenvalue weighted by atomic mass is 9.92. The highest BCUT2D eigenvalue weighted by atomic mass is 16.2. The van der Waals surface area contributed by atoms with Crippen LogP contribution in [-0.4, -0.2) is 53.5 Å². The quantitative estimate of drug-likeness (QED) is 0.491. The third-order valence-corrected chi connectivity index (χ3v) is 6.18. The highest BCUT2D eigenvalue weighted by molar-refractivity contribution is 5.92. The second-order valence-corrected chi connectivity index (χ2v) is 8.69. The molecule has 9 nitrogen and oxygen atoms in total. The molecule has 1 fully saturated rings. The van der Waals surface area contributed by atoms with E-state index in [9.17, 15) is 4.79 Å². The number of pyridine rings is 2. The van der Waals surface area contributed by atoms with Crippen molar-refractivity contribution in [3.05, 3.63) is 54.5 Å². The van der Waals surface area contributed by atoms with E-state index in [1.807, 2.05) is 30.2 Å². The molecule has 2 N–H and O–H groups in total. The molecule has 0 unspecified atom stereocenters. The lowest BCUT2D eigenvalue weighted by molar-refractivity contribution is -0.132. The summed E-state index contributed by atoms with van der Waals surface area (Å²) in [6.45, 7) is 6.33. The summed E-state index contributed by atoms with van der Waals surface area (Å²) < 4.78 is 0. The number of piperidine rings is 1. The number of amides is 1. The number of carbonyl (C=O) groups excluding carboxylic acids is 1. The van der Waals surface area contributed by atoms with E-state index in [-0.39, 0.29) is 17.9 Å². The van der Waals surface area contributed by atoms with Crippen molar-refractivity contribution >= 4 is 28.3 Å². The van der Waals surface area contributed by atoms with E-state index in [1.54, 1.807) is 31.7 Å². The molecule has 1 aliphatic rings. The van der Waals surface area contributed by atoms with Crippen LogP contribution in [0.15, 0.2) is 43.1 Å². The van der Waals surface area contributed by atoms with Gasteiger partial charge >= 0.3 is 0 Å². The largest absolute Gasteiger partial charge is 0.340 e. The number of aromatic amines is 1. The number of nitrogens with one attached hydrogen (secondary N) is 2. The molecule has 0 radical (unpaired) electrons. The third kappa shape index (κ3) is 4.26. The van der Waals surface area contributed by atoms with Gasteiger partial charge in [-0.2, -0.15) is 5.10 Å². The summed E-state index contributed by atoms with van der Waals surface area (Å²) in [7, 11) is 0. The summed E-state index contributed by atoms with van der Waals surface area (Å²) in [4.78, 5) is 32.5. The number of rotatable bonds is 4. The topological polar surface area (TPSA) is 113 Å². The maximum atomic E-state index is 12.2. The van der Waals surface area contributed by atoms with Gasteiger partial charge in [0.25, 0.3) is 0 Å². The van der Waals surface area contributed by atoms with E-state index in [0.29, 0.717) is 18.2 Å². The normalized spacial score (nSPS) is 18.5. The first-order valence-corrected chi connectivity index (χ1v) is 11.1. The van der Waals surface area contributed by atoms with Gasteiger partial charge in [0.1, 0.15) is 11.6 Å². The molecule has 1 amide bonds. The van der Waals surface area contributed by atoms with Crippen LogP contribution in [0.5, 0.6) is 0 Å². The van der Waals surface area contributed by atoms with E-state index >= 15 is 0 Å². The van der Waals surface area contributed by atoms with Gasteiger partial charge in [-0.3, -0.25) is 19.9 Å². The van der Waals surface area contributed by atoms with Crippen molar-refractivity contribution in [2.24, 2.45) is 0 Å². The maximum absolute atomic E-state index is 12.2. The number of hydrogen-bond donors (Lipinski definition) is 2. The molecule has 4 aromatic rings. The van der Waals surface area contributed by atoms with Gasteiger partial charge in [0, 0.05) is 54.8 Å². The van der Waals surface area contributed by atoms with E-state index < -0.39 is 0 Å². The molecular formula is C24H26N8O. The number of likely N-dealkylation sites (tertiary alicyclic amines) is 1. The molecule has 9 heteroatoms. The van der Waals surface area contributed by atoms with Crippen molar-refractivity contribution in [1.82, 2.24) is 35.0 Å². The highest BCUT2D eigenvalue weighted by Gasteiger charge is 2.30. The molecule has 33 heavy (non-hydrogen) atoms. The minimum Gasteiger partial charge on any atom is -0.340 e. The summed E-state index contributed by atoms with van der Waals surface area (Å²) in [5, 5.41) is 11.5. The molecule has 168 valence electrons. The summed E-state index contributed by atoms with van der Waals surface area (Å²) in [6, 6.07) is 4.16. The molecule has 0 bridgehead atoms. The fourth-order valence-electron chi connectivity index (χ4n) is 4.45. The molecule has 4 aromatic heterocycles.